The van der Waals surface area contributed by atoms with Crippen LogP contribution in [-0.4, -0.2) is 23.3 Å². The van der Waals surface area contributed by atoms with Crippen molar-refractivity contribution in [1.82, 2.24) is 10.3 Å². The molecule has 1 rings (SSSR count). The Balaban J connectivity index is 2.28. The van der Waals surface area contributed by atoms with Gasteiger partial charge in [0.05, 0.1) is 0 Å². The van der Waals surface area contributed by atoms with Gasteiger partial charge in [-0.3, -0.25) is 4.98 Å². The van der Waals surface area contributed by atoms with Crippen molar-refractivity contribution in [2.24, 2.45) is 0 Å². The lowest BCUT2D eigenvalue weighted by atomic mass is 10.2. The highest BCUT2D eigenvalue weighted by molar-refractivity contribution is 7.99. The topological polar surface area (TPSA) is 24.9 Å². The summed E-state index contributed by atoms with van der Waals surface area (Å²) in [5.41, 5.74) is 0. The zero-order valence-electron chi connectivity index (χ0n) is 9.57. The van der Waals surface area contributed by atoms with Gasteiger partial charge in [-0.25, -0.2) is 0 Å². The molecule has 0 amide bonds. The summed E-state index contributed by atoms with van der Waals surface area (Å²) >= 11 is 1.90. The van der Waals surface area contributed by atoms with E-state index in [1.165, 1.54) is 17.7 Å². The molecule has 1 N–H and O–H groups in total. The first kappa shape index (κ1) is 12.5. The molecule has 1 unspecified atom stereocenters. The smallest absolute Gasteiger partial charge is 0.0278 e. The zero-order chi connectivity index (χ0) is 10.9. The van der Waals surface area contributed by atoms with Gasteiger partial charge < -0.3 is 5.32 Å². The summed E-state index contributed by atoms with van der Waals surface area (Å²) in [6.07, 6.45) is 6.10. The Morgan fingerprint density at radius 1 is 1.33 bits per heavy atom. The normalized spacial score (nSPS) is 12.7. The molecule has 1 aromatic heterocycles. The number of nitrogens with one attached hydrogen (secondary N) is 1. The van der Waals surface area contributed by atoms with Crippen LogP contribution in [0.3, 0.4) is 0 Å². The molecule has 3 heteroatoms. The number of pyridine rings is 1. The van der Waals surface area contributed by atoms with E-state index in [4.69, 9.17) is 0 Å². The summed E-state index contributed by atoms with van der Waals surface area (Å²) in [7, 11) is 0. The van der Waals surface area contributed by atoms with Gasteiger partial charge in [-0.05, 0) is 31.5 Å². The highest BCUT2D eigenvalue weighted by Gasteiger charge is 2.04. The summed E-state index contributed by atoms with van der Waals surface area (Å²) in [5.74, 6) is 1.14. The molecule has 15 heavy (non-hydrogen) atoms. The molecule has 0 aromatic carbocycles. The van der Waals surface area contributed by atoms with Crippen LogP contribution in [0.4, 0.5) is 0 Å². The quantitative estimate of drug-likeness (QED) is 0.721. The van der Waals surface area contributed by atoms with E-state index in [0.717, 1.165) is 12.3 Å². The van der Waals surface area contributed by atoms with Gasteiger partial charge in [0.25, 0.3) is 0 Å². The van der Waals surface area contributed by atoms with Crippen LogP contribution in [0.2, 0.25) is 0 Å². The number of thioether (sulfide) groups is 1. The summed E-state index contributed by atoms with van der Waals surface area (Å²) in [6.45, 7) is 5.56. The Kier molecular flexibility index (Phi) is 6.44. The average molecular weight is 224 g/mol. The van der Waals surface area contributed by atoms with Crippen molar-refractivity contribution in [2.75, 3.05) is 12.3 Å². The minimum Gasteiger partial charge on any atom is -0.313 e. The number of nitrogens with zero attached hydrogens (tertiary/aromatic N) is 1. The first-order valence-electron chi connectivity index (χ1n) is 5.63. The van der Waals surface area contributed by atoms with Crippen molar-refractivity contribution in [3.63, 3.8) is 0 Å². The molecule has 2 nitrogen and oxygen atoms in total. The van der Waals surface area contributed by atoms with Crippen molar-refractivity contribution in [3.8, 4) is 0 Å². The van der Waals surface area contributed by atoms with Gasteiger partial charge in [0, 0.05) is 29.1 Å². The molecule has 1 heterocycles. The third-order valence-electron chi connectivity index (χ3n) is 2.28. The van der Waals surface area contributed by atoms with Crippen LogP contribution in [0.5, 0.6) is 0 Å². The molecule has 84 valence electrons. The summed E-state index contributed by atoms with van der Waals surface area (Å²) in [6, 6.07) is 4.76. The first-order valence-corrected chi connectivity index (χ1v) is 6.61. The Morgan fingerprint density at radius 3 is 2.67 bits per heavy atom. The second kappa shape index (κ2) is 7.71. The Hall–Kier alpha value is -0.540. The monoisotopic (exact) mass is 224 g/mol. The van der Waals surface area contributed by atoms with Gasteiger partial charge in [-0.2, -0.15) is 0 Å². The van der Waals surface area contributed by atoms with E-state index in [2.05, 4.69) is 36.3 Å². The lowest BCUT2D eigenvalue weighted by molar-refractivity contribution is 0.539. The third kappa shape index (κ3) is 5.19. The lowest BCUT2D eigenvalue weighted by Gasteiger charge is -2.15. The van der Waals surface area contributed by atoms with Crippen LogP contribution in [0.25, 0.3) is 0 Å². The minimum absolute atomic E-state index is 0.628. The predicted molar refractivity (Wildman–Crippen MR) is 67.3 cm³/mol. The molecule has 0 radical (unpaired) electrons. The molecule has 0 saturated heterocycles. The van der Waals surface area contributed by atoms with Crippen LogP contribution in [0, 0.1) is 0 Å². The number of hydrogen-bond donors (Lipinski definition) is 1. The van der Waals surface area contributed by atoms with Gasteiger partial charge >= 0.3 is 0 Å². The second-order valence-corrected chi connectivity index (χ2v) is 4.65. The molecule has 1 atom stereocenters. The molecule has 1 aromatic rings. The maximum Gasteiger partial charge on any atom is 0.0278 e. The highest BCUT2D eigenvalue weighted by Crippen LogP contribution is 2.17. The Labute approximate surface area is 96.9 Å². The fourth-order valence-electron chi connectivity index (χ4n) is 1.30. The van der Waals surface area contributed by atoms with E-state index >= 15 is 0 Å². The van der Waals surface area contributed by atoms with Crippen molar-refractivity contribution < 1.29 is 0 Å². The van der Waals surface area contributed by atoms with E-state index in [1.54, 1.807) is 0 Å². The maximum absolute atomic E-state index is 4.01. The van der Waals surface area contributed by atoms with E-state index < -0.39 is 0 Å². The standard InChI is InChI=1S/C12H20N2S/c1-3-7-14-11(4-2)10-15-12-5-8-13-9-6-12/h5-6,8-9,11,14H,3-4,7,10H2,1-2H3. The van der Waals surface area contributed by atoms with Crippen LogP contribution in [0.1, 0.15) is 26.7 Å². The Morgan fingerprint density at radius 2 is 2.07 bits per heavy atom. The predicted octanol–water partition coefficient (Wildman–Crippen LogP) is 2.95. The summed E-state index contributed by atoms with van der Waals surface area (Å²) in [5, 5.41) is 3.55. The van der Waals surface area contributed by atoms with Gasteiger partial charge in [0.15, 0.2) is 0 Å². The van der Waals surface area contributed by atoms with Gasteiger partial charge in [-0.15, -0.1) is 11.8 Å². The molecule has 0 aliphatic heterocycles. The largest absolute Gasteiger partial charge is 0.313 e. The molecule has 0 fully saturated rings. The SMILES string of the molecule is CCCNC(CC)CSc1ccncc1. The third-order valence-corrected chi connectivity index (χ3v) is 3.45. The fraction of sp³-hybridized carbons (Fsp3) is 0.583. The minimum atomic E-state index is 0.628. The van der Waals surface area contributed by atoms with Crippen LogP contribution >= 0.6 is 11.8 Å². The number of hydrogen-bond acceptors (Lipinski definition) is 3. The van der Waals surface area contributed by atoms with E-state index in [-0.39, 0.29) is 0 Å². The molecule has 0 bridgehead atoms. The number of aromatic nitrogens is 1. The van der Waals surface area contributed by atoms with Crippen molar-refractivity contribution in [1.29, 1.82) is 0 Å². The van der Waals surface area contributed by atoms with Gasteiger partial charge in [-0.1, -0.05) is 13.8 Å². The van der Waals surface area contributed by atoms with Gasteiger partial charge in [0.2, 0.25) is 0 Å². The highest BCUT2D eigenvalue weighted by atomic mass is 32.2. The Bertz CT molecular complexity index is 251. The molecule has 0 aliphatic rings. The van der Waals surface area contributed by atoms with E-state index in [1.807, 2.05) is 24.2 Å². The molecule has 0 saturated carbocycles. The fourth-order valence-corrected chi connectivity index (χ4v) is 2.36. The van der Waals surface area contributed by atoms with Crippen LogP contribution in [-0.2, 0) is 0 Å². The molecule has 0 spiro atoms. The summed E-state index contributed by atoms with van der Waals surface area (Å²) < 4.78 is 0. The van der Waals surface area contributed by atoms with Crippen LogP contribution in [0.15, 0.2) is 29.4 Å². The van der Waals surface area contributed by atoms with Crippen molar-refractivity contribution in [3.05, 3.63) is 24.5 Å². The maximum atomic E-state index is 4.01. The van der Waals surface area contributed by atoms with Crippen molar-refractivity contribution in [2.45, 2.75) is 37.6 Å². The van der Waals surface area contributed by atoms with E-state index in [0.29, 0.717) is 6.04 Å². The average Bonchev–Trinajstić information content (AvgIpc) is 2.31. The molecule has 0 aliphatic carbocycles. The second-order valence-electron chi connectivity index (χ2n) is 3.55. The zero-order valence-corrected chi connectivity index (χ0v) is 10.4. The summed E-state index contributed by atoms with van der Waals surface area (Å²) in [4.78, 5) is 5.32. The van der Waals surface area contributed by atoms with Gasteiger partial charge in [0.1, 0.15) is 0 Å². The molecular weight excluding hydrogens is 204 g/mol. The van der Waals surface area contributed by atoms with Crippen LogP contribution < -0.4 is 5.32 Å². The molecular formula is C12H20N2S. The lowest BCUT2D eigenvalue weighted by Crippen LogP contribution is -2.31. The van der Waals surface area contributed by atoms with E-state index in [9.17, 15) is 0 Å². The van der Waals surface area contributed by atoms with Crippen molar-refractivity contribution >= 4 is 11.8 Å². The number of rotatable bonds is 7. The first-order chi connectivity index (χ1) is 7.36.